The van der Waals surface area contributed by atoms with Gasteiger partial charge in [-0.25, -0.2) is 0 Å². The van der Waals surface area contributed by atoms with Crippen molar-refractivity contribution >= 4 is 0 Å². The number of hydrogen-bond acceptors (Lipinski definition) is 2. The number of piperidine rings is 1. The fraction of sp³-hybridized carbons (Fsp3) is 1.00. The highest BCUT2D eigenvalue weighted by atomic mass is 15.1. The second-order valence-electron chi connectivity index (χ2n) is 6.83. The first-order chi connectivity index (χ1) is 8.05. The summed E-state index contributed by atoms with van der Waals surface area (Å²) >= 11 is 0. The molecule has 0 aromatic rings. The molecule has 0 atom stereocenters. The predicted octanol–water partition coefficient (Wildman–Crippen LogP) is 3.16. The Morgan fingerprint density at radius 3 is 2.18 bits per heavy atom. The molecule has 1 saturated heterocycles. The zero-order chi connectivity index (χ0) is 12.4. The topological polar surface area (TPSA) is 29.3 Å². The molecule has 1 aliphatic carbocycles. The highest BCUT2D eigenvalue weighted by Crippen LogP contribution is 2.35. The summed E-state index contributed by atoms with van der Waals surface area (Å²) in [7, 11) is 0. The SMILES string of the molecule is CCC1(C)CCN(CCC2(N)CCCC2)CC1. The summed E-state index contributed by atoms with van der Waals surface area (Å²) in [5.74, 6) is 0. The van der Waals surface area contributed by atoms with E-state index in [0.717, 1.165) is 0 Å². The van der Waals surface area contributed by atoms with Crippen LogP contribution in [0.5, 0.6) is 0 Å². The number of rotatable bonds is 4. The normalized spacial score (nSPS) is 28.4. The quantitative estimate of drug-likeness (QED) is 0.815. The van der Waals surface area contributed by atoms with Gasteiger partial charge in [-0.2, -0.15) is 0 Å². The van der Waals surface area contributed by atoms with Crippen LogP contribution in [0.1, 0.15) is 65.2 Å². The van der Waals surface area contributed by atoms with Gasteiger partial charge >= 0.3 is 0 Å². The Hall–Kier alpha value is -0.0800. The van der Waals surface area contributed by atoms with E-state index in [1.807, 2.05) is 0 Å². The third-order valence-electron chi connectivity index (χ3n) is 5.44. The lowest BCUT2D eigenvalue weighted by Crippen LogP contribution is -2.44. The minimum absolute atomic E-state index is 0.186. The van der Waals surface area contributed by atoms with Crippen molar-refractivity contribution in [3.8, 4) is 0 Å². The van der Waals surface area contributed by atoms with E-state index in [9.17, 15) is 0 Å². The van der Waals surface area contributed by atoms with Gasteiger partial charge in [-0.3, -0.25) is 0 Å². The van der Waals surface area contributed by atoms with Crippen LogP contribution in [-0.4, -0.2) is 30.1 Å². The van der Waals surface area contributed by atoms with Crippen molar-refractivity contribution in [1.29, 1.82) is 0 Å². The van der Waals surface area contributed by atoms with E-state index in [1.165, 1.54) is 71.0 Å². The lowest BCUT2D eigenvalue weighted by molar-refractivity contribution is 0.108. The third-order valence-corrected chi connectivity index (χ3v) is 5.44. The van der Waals surface area contributed by atoms with Gasteiger partial charge in [0.05, 0.1) is 0 Å². The molecule has 2 aliphatic rings. The first-order valence-corrected chi connectivity index (χ1v) is 7.57. The summed E-state index contributed by atoms with van der Waals surface area (Å²) in [6.45, 7) is 8.60. The largest absolute Gasteiger partial charge is 0.325 e. The van der Waals surface area contributed by atoms with E-state index >= 15 is 0 Å². The smallest absolute Gasteiger partial charge is 0.0166 e. The second kappa shape index (κ2) is 5.27. The maximum absolute atomic E-state index is 6.43. The van der Waals surface area contributed by atoms with Crippen LogP contribution in [-0.2, 0) is 0 Å². The van der Waals surface area contributed by atoms with Gasteiger partial charge in [0.2, 0.25) is 0 Å². The number of nitrogens with zero attached hydrogens (tertiary/aromatic N) is 1. The van der Waals surface area contributed by atoms with Crippen LogP contribution in [0.4, 0.5) is 0 Å². The Kier molecular flexibility index (Phi) is 4.14. The van der Waals surface area contributed by atoms with Crippen LogP contribution in [0.2, 0.25) is 0 Å². The molecule has 0 amide bonds. The Morgan fingerprint density at radius 2 is 1.65 bits per heavy atom. The average Bonchev–Trinajstić information content (AvgIpc) is 2.76. The van der Waals surface area contributed by atoms with Gasteiger partial charge in [0.15, 0.2) is 0 Å². The lowest BCUT2D eigenvalue weighted by atomic mass is 9.78. The van der Waals surface area contributed by atoms with Crippen LogP contribution in [0, 0.1) is 5.41 Å². The van der Waals surface area contributed by atoms with Gasteiger partial charge in [0, 0.05) is 5.54 Å². The number of likely N-dealkylation sites (tertiary alicyclic amines) is 1. The summed E-state index contributed by atoms with van der Waals surface area (Å²) in [5.41, 5.74) is 7.23. The molecule has 0 spiro atoms. The Morgan fingerprint density at radius 1 is 1.06 bits per heavy atom. The minimum atomic E-state index is 0.186. The molecular formula is C15H30N2. The fourth-order valence-electron chi connectivity index (χ4n) is 3.38. The van der Waals surface area contributed by atoms with Gasteiger partial charge < -0.3 is 10.6 Å². The van der Waals surface area contributed by atoms with E-state index in [2.05, 4.69) is 18.7 Å². The zero-order valence-electron chi connectivity index (χ0n) is 11.8. The van der Waals surface area contributed by atoms with Crippen LogP contribution in [0.3, 0.4) is 0 Å². The van der Waals surface area contributed by atoms with E-state index in [0.29, 0.717) is 5.41 Å². The Labute approximate surface area is 107 Å². The minimum Gasteiger partial charge on any atom is -0.325 e. The van der Waals surface area contributed by atoms with Crippen molar-refractivity contribution in [3.05, 3.63) is 0 Å². The summed E-state index contributed by atoms with van der Waals surface area (Å²) < 4.78 is 0. The second-order valence-corrected chi connectivity index (χ2v) is 6.83. The van der Waals surface area contributed by atoms with Crippen LogP contribution in [0.15, 0.2) is 0 Å². The molecule has 2 rings (SSSR count). The highest BCUT2D eigenvalue weighted by Gasteiger charge is 2.32. The standard InChI is InChI=1S/C15H30N2/c1-3-14(2)8-11-17(12-9-14)13-10-15(16)6-4-5-7-15/h3-13,16H2,1-2H3. The van der Waals surface area contributed by atoms with Gasteiger partial charge in [-0.05, 0) is 57.2 Å². The molecule has 2 N–H and O–H groups in total. The lowest BCUT2D eigenvalue weighted by Gasteiger charge is -2.40. The van der Waals surface area contributed by atoms with Crippen LogP contribution < -0.4 is 5.73 Å². The monoisotopic (exact) mass is 238 g/mol. The summed E-state index contributed by atoms with van der Waals surface area (Å²) in [6, 6.07) is 0. The van der Waals surface area contributed by atoms with Crippen molar-refractivity contribution in [2.75, 3.05) is 19.6 Å². The molecule has 2 heteroatoms. The maximum Gasteiger partial charge on any atom is 0.0166 e. The van der Waals surface area contributed by atoms with Crippen molar-refractivity contribution in [2.45, 2.75) is 70.8 Å². The van der Waals surface area contributed by atoms with Crippen molar-refractivity contribution < 1.29 is 0 Å². The molecule has 0 unspecified atom stereocenters. The molecule has 0 aromatic heterocycles. The predicted molar refractivity (Wildman–Crippen MR) is 74.1 cm³/mol. The molecule has 1 saturated carbocycles. The third kappa shape index (κ3) is 3.45. The van der Waals surface area contributed by atoms with E-state index in [1.54, 1.807) is 0 Å². The van der Waals surface area contributed by atoms with Gasteiger partial charge in [-0.1, -0.05) is 33.1 Å². The van der Waals surface area contributed by atoms with E-state index in [-0.39, 0.29) is 5.54 Å². The van der Waals surface area contributed by atoms with Crippen molar-refractivity contribution in [1.82, 2.24) is 4.90 Å². The van der Waals surface area contributed by atoms with Crippen molar-refractivity contribution in [2.24, 2.45) is 11.1 Å². The molecule has 1 heterocycles. The summed E-state index contributed by atoms with van der Waals surface area (Å²) in [5, 5.41) is 0. The molecule has 0 aromatic carbocycles. The van der Waals surface area contributed by atoms with Gasteiger partial charge in [-0.15, -0.1) is 0 Å². The van der Waals surface area contributed by atoms with Crippen molar-refractivity contribution in [3.63, 3.8) is 0 Å². The average molecular weight is 238 g/mol. The summed E-state index contributed by atoms with van der Waals surface area (Å²) in [4.78, 5) is 2.64. The molecule has 0 bridgehead atoms. The van der Waals surface area contributed by atoms with E-state index < -0.39 is 0 Å². The highest BCUT2D eigenvalue weighted by molar-refractivity contribution is 4.90. The molecule has 2 nitrogen and oxygen atoms in total. The Bertz CT molecular complexity index is 235. The molecule has 1 aliphatic heterocycles. The molecule has 0 radical (unpaired) electrons. The summed E-state index contributed by atoms with van der Waals surface area (Å²) in [6.07, 6.45) is 10.5. The van der Waals surface area contributed by atoms with Gasteiger partial charge in [0.1, 0.15) is 0 Å². The molecular weight excluding hydrogens is 208 g/mol. The molecule has 100 valence electrons. The van der Waals surface area contributed by atoms with Crippen LogP contribution in [0.25, 0.3) is 0 Å². The number of hydrogen-bond donors (Lipinski definition) is 1. The number of nitrogens with two attached hydrogens (primary N) is 1. The fourth-order valence-corrected chi connectivity index (χ4v) is 3.38. The zero-order valence-corrected chi connectivity index (χ0v) is 11.8. The first kappa shape index (κ1) is 13.4. The maximum atomic E-state index is 6.43. The first-order valence-electron chi connectivity index (χ1n) is 7.57. The Balaban J connectivity index is 1.71. The molecule has 2 fully saturated rings. The van der Waals surface area contributed by atoms with E-state index in [4.69, 9.17) is 5.73 Å². The van der Waals surface area contributed by atoms with Crippen LogP contribution >= 0.6 is 0 Å². The molecule has 17 heavy (non-hydrogen) atoms. The van der Waals surface area contributed by atoms with Gasteiger partial charge in [0.25, 0.3) is 0 Å².